The average molecular weight is 413 g/mol. The van der Waals surface area contributed by atoms with Crippen LogP contribution in [0.3, 0.4) is 0 Å². The van der Waals surface area contributed by atoms with Gasteiger partial charge in [-0.3, -0.25) is 9.59 Å². The highest BCUT2D eigenvalue weighted by Crippen LogP contribution is 2.39. The molecule has 0 spiro atoms. The zero-order valence-electron chi connectivity index (χ0n) is 17.0. The van der Waals surface area contributed by atoms with Gasteiger partial charge in [-0.2, -0.15) is 0 Å². The van der Waals surface area contributed by atoms with E-state index in [4.69, 9.17) is 10.5 Å². The summed E-state index contributed by atoms with van der Waals surface area (Å²) in [6.45, 7) is 4.96. The molecule has 0 radical (unpaired) electrons. The van der Waals surface area contributed by atoms with Crippen LogP contribution in [0.2, 0.25) is 0 Å². The lowest BCUT2D eigenvalue weighted by atomic mass is 9.88. The van der Waals surface area contributed by atoms with Crippen LogP contribution in [0, 0.1) is 5.92 Å². The quantitative estimate of drug-likeness (QED) is 0.482. The second-order valence-electron chi connectivity index (χ2n) is 7.48. The van der Waals surface area contributed by atoms with E-state index in [1.807, 2.05) is 24.3 Å². The van der Waals surface area contributed by atoms with Crippen LogP contribution in [0.4, 0.5) is 5.00 Å². The van der Waals surface area contributed by atoms with Crippen LogP contribution in [0.15, 0.2) is 30.3 Å². The molecular weight excluding hydrogens is 384 g/mol. The van der Waals surface area contributed by atoms with Gasteiger partial charge in [-0.25, -0.2) is 0 Å². The van der Waals surface area contributed by atoms with Gasteiger partial charge in [0.05, 0.1) is 12.2 Å². The van der Waals surface area contributed by atoms with Crippen molar-refractivity contribution < 1.29 is 14.3 Å². The fourth-order valence-corrected chi connectivity index (χ4v) is 4.91. The minimum Gasteiger partial charge on any atom is -0.493 e. The van der Waals surface area contributed by atoms with Crippen LogP contribution in [0.25, 0.3) is 6.08 Å². The molecule has 0 fully saturated rings. The van der Waals surface area contributed by atoms with Gasteiger partial charge in [-0.1, -0.05) is 38.5 Å². The van der Waals surface area contributed by atoms with Crippen molar-refractivity contribution >= 4 is 34.2 Å². The largest absolute Gasteiger partial charge is 0.493 e. The van der Waals surface area contributed by atoms with Crippen LogP contribution in [0.5, 0.6) is 5.75 Å². The molecule has 2 amide bonds. The fourth-order valence-electron chi connectivity index (χ4n) is 3.49. The molecule has 154 valence electrons. The number of primary amides is 1. The summed E-state index contributed by atoms with van der Waals surface area (Å²) in [6.07, 6.45) is 8.03. The Morgan fingerprint density at radius 1 is 1.34 bits per heavy atom. The first-order valence-corrected chi connectivity index (χ1v) is 11.0. The van der Waals surface area contributed by atoms with E-state index in [-0.39, 0.29) is 5.91 Å². The average Bonchev–Trinajstić information content (AvgIpc) is 3.04. The third kappa shape index (κ3) is 5.26. The lowest BCUT2D eigenvalue weighted by molar-refractivity contribution is -0.111. The Bertz CT molecular complexity index is 917. The number of amides is 2. The van der Waals surface area contributed by atoms with Crippen molar-refractivity contribution in [2.75, 3.05) is 11.9 Å². The number of carbonyl (C=O) groups is 2. The number of anilines is 1. The van der Waals surface area contributed by atoms with Gasteiger partial charge < -0.3 is 15.8 Å². The van der Waals surface area contributed by atoms with E-state index in [0.717, 1.165) is 53.9 Å². The molecular formula is C23H28N2O3S. The number of nitrogens with one attached hydrogen (secondary N) is 1. The zero-order chi connectivity index (χ0) is 20.8. The van der Waals surface area contributed by atoms with Gasteiger partial charge in [-0.15, -0.1) is 11.3 Å². The molecule has 1 atom stereocenters. The number of hydrogen-bond acceptors (Lipinski definition) is 4. The number of rotatable bonds is 8. The minimum absolute atomic E-state index is 0.289. The fraction of sp³-hybridized carbons (Fsp3) is 0.391. The van der Waals surface area contributed by atoms with E-state index in [1.165, 1.54) is 17.4 Å². The van der Waals surface area contributed by atoms with E-state index in [9.17, 15) is 9.59 Å². The standard InChI is InChI=1S/C23H28N2O3S/c1-3-4-13-28-18-8-6-5-7-16(18)10-12-20(26)25-23-21(22(24)27)17-11-9-15(2)14-19(17)29-23/h5-8,10,12,15H,3-4,9,11,13-14H2,1-2H3,(H2,24,27)(H,25,26). The van der Waals surface area contributed by atoms with E-state index in [0.29, 0.717) is 23.1 Å². The highest BCUT2D eigenvalue weighted by Gasteiger charge is 2.26. The summed E-state index contributed by atoms with van der Waals surface area (Å²) < 4.78 is 5.80. The van der Waals surface area contributed by atoms with Crippen molar-refractivity contribution in [1.29, 1.82) is 0 Å². The predicted molar refractivity (Wildman–Crippen MR) is 119 cm³/mol. The molecule has 0 saturated carbocycles. The Kier molecular flexibility index (Phi) is 7.09. The van der Waals surface area contributed by atoms with Crippen molar-refractivity contribution in [1.82, 2.24) is 0 Å². The van der Waals surface area contributed by atoms with Gasteiger partial charge >= 0.3 is 0 Å². The molecule has 6 heteroatoms. The summed E-state index contributed by atoms with van der Waals surface area (Å²) in [5, 5.41) is 3.41. The molecule has 1 aromatic carbocycles. The van der Waals surface area contributed by atoms with Crippen LogP contribution in [-0.2, 0) is 17.6 Å². The molecule has 0 saturated heterocycles. The van der Waals surface area contributed by atoms with Gasteiger partial charge in [-0.05, 0) is 49.3 Å². The molecule has 1 aliphatic rings. The number of thiophene rings is 1. The number of para-hydroxylation sites is 1. The summed E-state index contributed by atoms with van der Waals surface area (Å²) in [7, 11) is 0. The maximum absolute atomic E-state index is 12.5. The summed E-state index contributed by atoms with van der Waals surface area (Å²) in [6, 6.07) is 7.62. The molecule has 1 unspecified atom stereocenters. The Morgan fingerprint density at radius 2 is 2.14 bits per heavy atom. The molecule has 1 heterocycles. The zero-order valence-corrected chi connectivity index (χ0v) is 17.8. The molecule has 0 aliphatic heterocycles. The van der Waals surface area contributed by atoms with Crippen LogP contribution < -0.4 is 15.8 Å². The van der Waals surface area contributed by atoms with E-state index in [1.54, 1.807) is 6.08 Å². The van der Waals surface area contributed by atoms with Crippen molar-refractivity contribution in [2.45, 2.75) is 46.0 Å². The second kappa shape index (κ2) is 9.74. The maximum Gasteiger partial charge on any atom is 0.251 e. The summed E-state index contributed by atoms with van der Waals surface area (Å²) >= 11 is 1.47. The maximum atomic E-state index is 12.5. The van der Waals surface area contributed by atoms with Crippen LogP contribution in [-0.4, -0.2) is 18.4 Å². The van der Waals surface area contributed by atoms with Gasteiger partial charge in [0.2, 0.25) is 5.91 Å². The number of fused-ring (bicyclic) bond motifs is 1. The molecule has 1 aromatic heterocycles. The Morgan fingerprint density at radius 3 is 2.90 bits per heavy atom. The topological polar surface area (TPSA) is 81.4 Å². The lowest BCUT2D eigenvalue weighted by Crippen LogP contribution is -2.18. The normalized spacial score (nSPS) is 15.9. The van der Waals surface area contributed by atoms with Crippen molar-refractivity contribution in [3.8, 4) is 5.75 Å². The van der Waals surface area contributed by atoms with Crippen molar-refractivity contribution in [3.63, 3.8) is 0 Å². The van der Waals surface area contributed by atoms with Gasteiger partial charge in [0.25, 0.3) is 5.91 Å². The van der Waals surface area contributed by atoms with Crippen LogP contribution in [0.1, 0.15) is 59.5 Å². The first-order valence-electron chi connectivity index (χ1n) is 10.1. The molecule has 3 rings (SSSR count). The van der Waals surface area contributed by atoms with E-state index in [2.05, 4.69) is 19.2 Å². The highest BCUT2D eigenvalue weighted by atomic mass is 32.1. The molecule has 29 heavy (non-hydrogen) atoms. The van der Waals surface area contributed by atoms with Gasteiger partial charge in [0, 0.05) is 16.5 Å². The monoisotopic (exact) mass is 412 g/mol. The van der Waals surface area contributed by atoms with Crippen molar-refractivity contribution in [3.05, 3.63) is 51.9 Å². The molecule has 2 aromatic rings. The minimum atomic E-state index is -0.481. The smallest absolute Gasteiger partial charge is 0.251 e. The number of benzene rings is 1. The van der Waals surface area contributed by atoms with Crippen LogP contribution >= 0.6 is 11.3 Å². The third-order valence-electron chi connectivity index (χ3n) is 5.08. The number of unbranched alkanes of at least 4 members (excludes halogenated alkanes) is 1. The SMILES string of the molecule is CCCCOc1ccccc1C=CC(=O)Nc1sc2c(c1C(N)=O)CCC(C)C2. The second-order valence-corrected chi connectivity index (χ2v) is 8.59. The Hall–Kier alpha value is -2.60. The molecule has 5 nitrogen and oxygen atoms in total. The molecule has 0 bridgehead atoms. The number of carbonyl (C=O) groups excluding carboxylic acids is 2. The molecule has 1 aliphatic carbocycles. The van der Waals surface area contributed by atoms with E-state index >= 15 is 0 Å². The summed E-state index contributed by atoms with van der Waals surface area (Å²) in [5.74, 6) is 0.562. The number of nitrogens with two attached hydrogens (primary N) is 1. The Balaban J connectivity index is 1.74. The Labute approximate surface area is 176 Å². The molecule has 3 N–H and O–H groups in total. The van der Waals surface area contributed by atoms with E-state index < -0.39 is 5.91 Å². The van der Waals surface area contributed by atoms with Crippen molar-refractivity contribution in [2.24, 2.45) is 11.7 Å². The third-order valence-corrected chi connectivity index (χ3v) is 6.25. The lowest BCUT2D eigenvalue weighted by Gasteiger charge is -2.18. The number of ether oxygens (including phenoxy) is 1. The van der Waals surface area contributed by atoms with Gasteiger partial charge in [0.15, 0.2) is 0 Å². The first-order chi connectivity index (χ1) is 14.0. The first kappa shape index (κ1) is 21.1. The predicted octanol–water partition coefficient (Wildman–Crippen LogP) is 4.80. The van der Waals surface area contributed by atoms with Gasteiger partial charge in [0.1, 0.15) is 10.8 Å². The number of hydrogen-bond donors (Lipinski definition) is 2. The summed E-state index contributed by atoms with van der Waals surface area (Å²) in [5.41, 5.74) is 7.94. The summed E-state index contributed by atoms with van der Waals surface area (Å²) in [4.78, 5) is 25.7. The highest BCUT2D eigenvalue weighted by molar-refractivity contribution is 7.17.